The summed E-state index contributed by atoms with van der Waals surface area (Å²) in [6.45, 7) is 6.55. The molecular weight excluding hydrogens is 366 g/mol. The summed E-state index contributed by atoms with van der Waals surface area (Å²) in [6.07, 6.45) is 4.57. The van der Waals surface area contributed by atoms with E-state index >= 15 is 0 Å². The minimum absolute atomic E-state index is 0.0352. The van der Waals surface area contributed by atoms with E-state index in [2.05, 4.69) is 5.32 Å². The molecule has 5 heteroatoms. The minimum atomic E-state index is -0.511. The molecule has 0 aliphatic rings. The van der Waals surface area contributed by atoms with Crippen LogP contribution in [-0.2, 0) is 14.3 Å². The van der Waals surface area contributed by atoms with Gasteiger partial charge in [0.15, 0.2) is 0 Å². The highest BCUT2D eigenvalue weighted by Crippen LogP contribution is 2.25. The van der Waals surface area contributed by atoms with Crippen LogP contribution in [0.4, 0.5) is 5.69 Å². The molecule has 0 bridgehead atoms. The molecule has 0 radical (unpaired) electrons. The van der Waals surface area contributed by atoms with E-state index in [9.17, 15) is 9.59 Å². The quantitative estimate of drug-likeness (QED) is 0.346. The van der Waals surface area contributed by atoms with Crippen molar-refractivity contribution in [2.45, 2.75) is 33.6 Å². The van der Waals surface area contributed by atoms with Crippen molar-refractivity contribution >= 4 is 23.6 Å². The molecule has 0 unspecified atom stereocenters. The molecule has 0 saturated heterocycles. The summed E-state index contributed by atoms with van der Waals surface area (Å²) in [5, 5.41) is 2.96. The maximum absolute atomic E-state index is 12.6. The average Bonchev–Trinajstić information content (AvgIpc) is 2.72. The Hall–Kier alpha value is -3.08. The molecule has 29 heavy (non-hydrogen) atoms. The van der Waals surface area contributed by atoms with Gasteiger partial charge < -0.3 is 14.8 Å². The molecule has 154 valence electrons. The summed E-state index contributed by atoms with van der Waals surface area (Å²) in [6, 6.07) is 17.0. The first-order valence-corrected chi connectivity index (χ1v) is 9.85. The summed E-state index contributed by atoms with van der Waals surface area (Å²) in [4.78, 5) is 24.0. The molecule has 2 aromatic rings. The number of amides is 1. The lowest BCUT2D eigenvalue weighted by molar-refractivity contribution is -0.137. The van der Waals surface area contributed by atoms with Gasteiger partial charge in [-0.15, -0.1) is 0 Å². The molecule has 0 saturated carbocycles. The van der Waals surface area contributed by atoms with Crippen LogP contribution in [0, 0.1) is 5.41 Å². The molecule has 0 atom stereocenters. The second kappa shape index (κ2) is 11.1. The van der Waals surface area contributed by atoms with E-state index in [0.29, 0.717) is 19.6 Å². The van der Waals surface area contributed by atoms with Crippen LogP contribution in [0.3, 0.4) is 0 Å². The SMILES string of the molecule is CCOC(=O)C=Cc1ccc(NC(=O)C(C)(C)CCCOc2ccccc2)cc1. The summed E-state index contributed by atoms with van der Waals surface area (Å²) in [7, 11) is 0. The predicted octanol–water partition coefficient (Wildman–Crippen LogP) is 5.09. The van der Waals surface area contributed by atoms with E-state index in [1.807, 2.05) is 68.4 Å². The lowest BCUT2D eigenvalue weighted by Gasteiger charge is -2.23. The Bertz CT molecular complexity index is 811. The van der Waals surface area contributed by atoms with Crippen LogP contribution in [0.15, 0.2) is 60.7 Å². The Morgan fingerprint density at radius 2 is 1.72 bits per heavy atom. The van der Waals surface area contributed by atoms with Crippen molar-refractivity contribution in [3.63, 3.8) is 0 Å². The number of anilines is 1. The number of ether oxygens (including phenoxy) is 2. The Balaban J connectivity index is 1.80. The van der Waals surface area contributed by atoms with Crippen molar-refractivity contribution in [1.82, 2.24) is 0 Å². The van der Waals surface area contributed by atoms with Crippen molar-refractivity contribution in [2.75, 3.05) is 18.5 Å². The maximum Gasteiger partial charge on any atom is 0.330 e. The highest BCUT2D eigenvalue weighted by molar-refractivity contribution is 5.95. The van der Waals surface area contributed by atoms with Gasteiger partial charge in [-0.3, -0.25) is 4.79 Å². The van der Waals surface area contributed by atoms with Crippen LogP contribution < -0.4 is 10.1 Å². The van der Waals surface area contributed by atoms with Gasteiger partial charge >= 0.3 is 5.97 Å². The standard InChI is InChI=1S/C24H29NO4/c1-4-28-22(26)16-13-19-11-14-20(15-12-19)25-23(27)24(2,3)17-8-18-29-21-9-6-5-7-10-21/h5-7,9-16H,4,8,17-18H2,1-3H3,(H,25,27). The lowest BCUT2D eigenvalue weighted by Crippen LogP contribution is -2.31. The van der Waals surface area contributed by atoms with Crippen molar-refractivity contribution in [2.24, 2.45) is 5.41 Å². The fourth-order valence-corrected chi connectivity index (χ4v) is 2.67. The number of rotatable bonds is 10. The fraction of sp³-hybridized carbons (Fsp3) is 0.333. The highest BCUT2D eigenvalue weighted by Gasteiger charge is 2.27. The second-order valence-corrected chi connectivity index (χ2v) is 7.31. The van der Waals surface area contributed by atoms with Crippen LogP contribution in [0.1, 0.15) is 39.2 Å². The van der Waals surface area contributed by atoms with Crippen LogP contribution in [0.25, 0.3) is 6.08 Å². The molecule has 2 aromatic carbocycles. The molecule has 2 rings (SSSR count). The number of carbonyl (C=O) groups is 2. The summed E-state index contributed by atoms with van der Waals surface area (Å²) in [5.41, 5.74) is 1.06. The van der Waals surface area contributed by atoms with Gasteiger partial charge in [-0.2, -0.15) is 0 Å². The third-order valence-electron chi connectivity index (χ3n) is 4.44. The number of benzene rings is 2. The van der Waals surface area contributed by atoms with E-state index in [-0.39, 0.29) is 11.9 Å². The van der Waals surface area contributed by atoms with E-state index in [1.165, 1.54) is 6.08 Å². The molecule has 0 aliphatic carbocycles. The van der Waals surface area contributed by atoms with Crippen LogP contribution in [-0.4, -0.2) is 25.1 Å². The molecule has 1 N–H and O–H groups in total. The van der Waals surface area contributed by atoms with Crippen LogP contribution in [0.2, 0.25) is 0 Å². The van der Waals surface area contributed by atoms with Crippen LogP contribution >= 0.6 is 0 Å². The molecule has 0 aromatic heterocycles. The average molecular weight is 395 g/mol. The Morgan fingerprint density at radius 3 is 2.38 bits per heavy atom. The first-order chi connectivity index (χ1) is 13.9. The number of hydrogen-bond acceptors (Lipinski definition) is 4. The topological polar surface area (TPSA) is 64.6 Å². The summed E-state index contributed by atoms with van der Waals surface area (Å²) < 4.78 is 10.5. The zero-order valence-electron chi connectivity index (χ0n) is 17.3. The lowest BCUT2D eigenvalue weighted by atomic mass is 9.87. The third kappa shape index (κ3) is 7.82. The first-order valence-electron chi connectivity index (χ1n) is 9.85. The fourth-order valence-electron chi connectivity index (χ4n) is 2.67. The van der Waals surface area contributed by atoms with Gasteiger partial charge in [0.2, 0.25) is 5.91 Å². The number of hydrogen-bond donors (Lipinski definition) is 1. The van der Waals surface area contributed by atoms with Gasteiger partial charge in [0.05, 0.1) is 13.2 Å². The van der Waals surface area contributed by atoms with E-state index in [4.69, 9.17) is 9.47 Å². The molecule has 5 nitrogen and oxygen atoms in total. The minimum Gasteiger partial charge on any atom is -0.494 e. The number of carbonyl (C=O) groups excluding carboxylic acids is 2. The number of para-hydroxylation sites is 1. The van der Waals surface area contributed by atoms with Gasteiger partial charge in [0.25, 0.3) is 0 Å². The van der Waals surface area contributed by atoms with Crippen molar-refractivity contribution < 1.29 is 19.1 Å². The number of esters is 1. The predicted molar refractivity (Wildman–Crippen MR) is 116 cm³/mol. The first kappa shape index (κ1) is 22.2. The van der Waals surface area contributed by atoms with E-state index < -0.39 is 5.41 Å². The van der Waals surface area contributed by atoms with Crippen molar-refractivity contribution in [3.8, 4) is 5.75 Å². The Kier molecular flexibility index (Phi) is 8.46. The Labute approximate surface area is 172 Å². The largest absolute Gasteiger partial charge is 0.494 e. The van der Waals surface area contributed by atoms with Gasteiger partial charge in [-0.05, 0) is 55.7 Å². The summed E-state index contributed by atoms with van der Waals surface area (Å²) in [5.74, 6) is 0.432. The van der Waals surface area contributed by atoms with Crippen LogP contribution in [0.5, 0.6) is 5.75 Å². The molecular formula is C24H29NO4. The monoisotopic (exact) mass is 395 g/mol. The normalized spacial score (nSPS) is 11.3. The van der Waals surface area contributed by atoms with E-state index in [1.54, 1.807) is 13.0 Å². The summed E-state index contributed by atoms with van der Waals surface area (Å²) >= 11 is 0. The molecule has 0 fully saturated rings. The van der Waals surface area contributed by atoms with Gasteiger partial charge in [0.1, 0.15) is 5.75 Å². The van der Waals surface area contributed by atoms with Crippen molar-refractivity contribution in [3.05, 3.63) is 66.2 Å². The number of nitrogens with one attached hydrogen (secondary N) is 1. The molecule has 1 amide bonds. The van der Waals surface area contributed by atoms with Gasteiger partial charge in [-0.1, -0.05) is 44.2 Å². The molecule has 0 spiro atoms. The maximum atomic E-state index is 12.6. The van der Waals surface area contributed by atoms with Gasteiger partial charge in [-0.25, -0.2) is 4.79 Å². The highest BCUT2D eigenvalue weighted by atomic mass is 16.5. The molecule has 0 heterocycles. The van der Waals surface area contributed by atoms with Crippen molar-refractivity contribution in [1.29, 1.82) is 0 Å². The zero-order chi connectivity index (χ0) is 21.1. The molecule has 0 aliphatic heterocycles. The zero-order valence-corrected chi connectivity index (χ0v) is 17.3. The second-order valence-electron chi connectivity index (χ2n) is 7.31. The van der Waals surface area contributed by atoms with Gasteiger partial charge in [0, 0.05) is 17.2 Å². The smallest absolute Gasteiger partial charge is 0.330 e. The Morgan fingerprint density at radius 1 is 1.03 bits per heavy atom. The van der Waals surface area contributed by atoms with E-state index in [0.717, 1.165) is 23.4 Å². The third-order valence-corrected chi connectivity index (χ3v) is 4.44.